The van der Waals surface area contributed by atoms with Crippen LogP contribution in [0.2, 0.25) is 0 Å². The molecular weight excluding hydrogens is 242 g/mol. The van der Waals surface area contributed by atoms with Crippen molar-refractivity contribution in [2.75, 3.05) is 6.54 Å². The van der Waals surface area contributed by atoms with E-state index in [2.05, 4.69) is 16.1 Å². The molecule has 19 heavy (non-hydrogen) atoms. The zero-order chi connectivity index (χ0) is 13.8. The molecular formula is C14H23N3O2. The number of carbonyl (C=O) groups is 1. The first kappa shape index (κ1) is 14.1. The van der Waals surface area contributed by atoms with Crippen LogP contribution in [0.3, 0.4) is 0 Å². The maximum Gasteiger partial charge on any atom is 0.303 e. The first-order valence-corrected chi connectivity index (χ1v) is 7.01. The van der Waals surface area contributed by atoms with Gasteiger partial charge in [-0.3, -0.25) is 14.4 Å². The van der Waals surface area contributed by atoms with Gasteiger partial charge < -0.3 is 5.11 Å². The van der Waals surface area contributed by atoms with E-state index in [1.807, 2.05) is 18.7 Å². The average Bonchev–Trinajstić information content (AvgIpc) is 2.67. The first-order valence-electron chi connectivity index (χ1n) is 7.01. The van der Waals surface area contributed by atoms with Crippen molar-refractivity contribution in [1.29, 1.82) is 0 Å². The van der Waals surface area contributed by atoms with E-state index in [0.29, 0.717) is 6.04 Å². The van der Waals surface area contributed by atoms with Crippen molar-refractivity contribution in [2.45, 2.75) is 51.6 Å². The molecule has 0 aliphatic carbocycles. The Morgan fingerprint density at radius 1 is 1.53 bits per heavy atom. The molecule has 0 saturated carbocycles. The number of aromatic nitrogens is 2. The van der Waals surface area contributed by atoms with Gasteiger partial charge in [0.15, 0.2) is 0 Å². The van der Waals surface area contributed by atoms with Crippen molar-refractivity contribution in [3.05, 3.63) is 17.5 Å². The second kappa shape index (κ2) is 6.19. The zero-order valence-corrected chi connectivity index (χ0v) is 11.8. The van der Waals surface area contributed by atoms with Gasteiger partial charge >= 0.3 is 5.97 Å². The minimum atomic E-state index is -0.693. The van der Waals surface area contributed by atoms with Crippen LogP contribution in [0.4, 0.5) is 0 Å². The lowest BCUT2D eigenvalue weighted by Crippen LogP contribution is -2.39. The third kappa shape index (κ3) is 3.80. The Morgan fingerprint density at radius 3 is 2.95 bits per heavy atom. The van der Waals surface area contributed by atoms with Crippen LogP contribution in [0.5, 0.6) is 0 Å². The van der Waals surface area contributed by atoms with Crippen molar-refractivity contribution in [1.82, 2.24) is 14.7 Å². The predicted octanol–water partition coefficient (Wildman–Crippen LogP) is 1.95. The summed E-state index contributed by atoms with van der Waals surface area (Å²) >= 11 is 0. The summed E-state index contributed by atoms with van der Waals surface area (Å²) in [6.45, 7) is 3.94. The summed E-state index contributed by atoms with van der Waals surface area (Å²) in [5.74, 6) is -0.693. The highest BCUT2D eigenvalue weighted by Crippen LogP contribution is 2.23. The van der Waals surface area contributed by atoms with Gasteiger partial charge in [-0.15, -0.1) is 0 Å². The fourth-order valence-electron chi connectivity index (χ4n) is 2.91. The number of aryl methyl sites for hydroxylation is 2. The van der Waals surface area contributed by atoms with Crippen LogP contribution < -0.4 is 0 Å². The maximum atomic E-state index is 10.7. The second-order valence-corrected chi connectivity index (χ2v) is 5.45. The van der Waals surface area contributed by atoms with Crippen LogP contribution in [-0.4, -0.2) is 38.3 Å². The molecule has 106 valence electrons. The Kier molecular flexibility index (Phi) is 4.58. The highest BCUT2D eigenvalue weighted by molar-refractivity contribution is 5.66. The molecule has 0 spiro atoms. The fourth-order valence-corrected chi connectivity index (χ4v) is 2.91. The van der Waals surface area contributed by atoms with Gasteiger partial charge in [0.05, 0.1) is 11.4 Å². The molecule has 0 amide bonds. The van der Waals surface area contributed by atoms with Gasteiger partial charge in [0.1, 0.15) is 0 Å². The number of rotatable bonds is 5. The third-order valence-electron chi connectivity index (χ3n) is 3.90. The number of piperidine rings is 1. The lowest BCUT2D eigenvalue weighted by atomic mass is 9.97. The van der Waals surface area contributed by atoms with E-state index in [4.69, 9.17) is 5.11 Å². The normalized spacial score (nSPS) is 20.6. The minimum Gasteiger partial charge on any atom is -0.481 e. The Balaban J connectivity index is 1.99. The number of likely N-dealkylation sites (tertiary alicyclic amines) is 1. The van der Waals surface area contributed by atoms with E-state index >= 15 is 0 Å². The number of carboxylic acids is 1. The monoisotopic (exact) mass is 265 g/mol. The number of hydrogen-bond acceptors (Lipinski definition) is 3. The zero-order valence-electron chi connectivity index (χ0n) is 11.8. The Hall–Kier alpha value is -1.36. The Labute approximate surface area is 114 Å². The highest BCUT2D eigenvalue weighted by Gasteiger charge is 2.23. The molecule has 5 nitrogen and oxygen atoms in total. The van der Waals surface area contributed by atoms with Crippen LogP contribution in [-0.2, 0) is 18.4 Å². The Bertz CT molecular complexity index is 442. The third-order valence-corrected chi connectivity index (χ3v) is 3.90. The summed E-state index contributed by atoms with van der Waals surface area (Å²) in [5.41, 5.74) is 2.25. The smallest absolute Gasteiger partial charge is 0.303 e. The van der Waals surface area contributed by atoms with Crippen molar-refractivity contribution in [3.63, 3.8) is 0 Å². The molecule has 1 saturated heterocycles. The molecule has 1 aromatic heterocycles. The summed E-state index contributed by atoms with van der Waals surface area (Å²) in [5, 5.41) is 13.2. The van der Waals surface area contributed by atoms with Crippen molar-refractivity contribution in [3.8, 4) is 0 Å². The molecule has 5 heteroatoms. The summed E-state index contributed by atoms with van der Waals surface area (Å²) in [6.07, 6.45) is 4.56. The summed E-state index contributed by atoms with van der Waals surface area (Å²) < 4.78 is 1.93. The number of nitrogens with zero attached hydrogens (tertiary/aromatic N) is 3. The molecule has 1 N–H and O–H groups in total. The van der Waals surface area contributed by atoms with Crippen LogP contribution in [0.15, 0.2) is 6.07 Å². The average molecular weight is 265 g/mol. The van der Waals surface area contributed by atoms with Gasteiger partial charge in [0.2, 0.25) is 0 Å². The first-order chi connectivity index (χ1) is 9.06. The van der Waals surface area contributed by atoms with Gasteiger partial charge in [0.25, 0.3) is 0 Å². The topological polar surface area (TPSA) is 58.4 Å². The molecule has 1 fully saturated rings. The summed E-state index contributed by atoms with van der Waals surface area (Å²) in [6, 6.07) is 2.52. The van der Waals surface area contributed by atoms with Crippen molar-refractivity contribution in [2.24, 2.45) is 7.05 Å². The van der Waals surface area contributed by atoms with Gasteiger partial charge in [-0.25, -0.2) is 0 Å². The van der Waals surface area contributed by atoms with Gasteiger partial charge in [-0.1, -0.05) is 6.42 Å². The quantitative estimate of drug-likeness (QED) is 0.884. The number of aliphatic carboxylic acids is 1. The maximum absolute atomic E-state index is 10.7. The van der Waals surface area contributed by atoms with Crippen molar-refractivity contribution < 1.29 is 9.90 Å². The van der Waals surface area contributed by atoms with Gasteiger partial charge in [0, 0.05) is 26.1 Å². The molecule has 0 radical (unpaired) electrons. The van der Waals surface area contributed by atoms with Crippen molar-refractivity contribution >= 4 is 5.97 Å². The minimum absolute atomic E-state index is 0.269. The molecule has 0 bridgehead atoms. The lowest BCUT2D eigenvalue weighted by molar-refractivity contribution is -0.137. The van der Waals surface area contributed by atoms with E-state index in [-0.39, 0.29) is 6.42 Å². The SMILES string of the molecule is Cc1cc(CN2CCCCC2CCC(=O)O)n(C)n1. The number of hydrogen-bond donors (Lipinski definition) is 1. The van der Waals surface area contributed by atoms with E-state index in [0.717, 1.165) is 31.6 Å². The fraction of sp³-hybridized carbons (Fsp3) is 0.714. The highest BCUT2D eigenvalue weighted by atomic mass is 16.4. The molecule has 1 unspecified atom stereocenters. The predicted molar refractivity (Wildman–Crippen MR) is 72.9 cm³/mol. The Morgan fingerprint density at radius 2 is 2.32 bits per heavy atom. The van der Waals surface area contributed by atoms with E-state index in [9.17, 15) is 4.79 Å². The molecule has 1 atom stereocenters. The molecule has 0 aromatic carbocycles. The molecule has 1 aliphatic rings. The van der Waals surface area contributed by atoms with Crippen LogP contribution in [0, 0.1) is 6.92 Å². The van der Waals surface area contributed by atoms with Crippen LogP contribution in [0.1, 0.15) is 43.5 Å². The van der Waals surface area contributed by atoms with E-state index in [1.165, 1.54) is 18.5 Å². The van der Waals surface area contributed by atoms with Crippen LogP contribution >= 0.6 is 0 Å². The standard InChI is InChI=1S/C14H23N3O2/c1-11-9-13(16(2)15-11)10-17-8-4-3-5-12(17)6-7-14(18)19/h9,12H,3-8,10H2,1-2H3,(H,18,19). The second-order valence-electron chi connectivity index (χ2n) is 5.45. The van der Waals surface area contributed by atoms with E-state index in [1.54, 1.807) is 0 Å². The molecule has 2 rings (SSSR count). The van der Waals surface area contributed by atoms with Gasteiger partial charge in [-0.05, 0) is 38.8 Å². The summed E-state index contributed by atoms with van der Waals surface area (Å²) in [4.78, 5) is 13.2. The number of carboxylic acid groups (broad SMARTS) is 1. The van der Waals surface area contributed by atoms with Crippen LogP contribution in [0.25, 0.3) is 0 Å². The molecule has 1 aromatic rings. The molecule has 2 heterocycles. The molecule has 1 aliphatic heterocycles. The largest absolute Gasteiger partial charge is 0.481 e. The lowest BCUT2D eigenvalue weighted by Gasteiger charge is -2.35. The van der Waals surface area contributed by atoms with E-state index < -0.39 is 5.97 Å². The summed E-state index contributed by atoms with van der Waals surface area (Å²) in [7, 11) is 1.97. The van der Waals surface area contributed by atoms with Gasteiger partial charge in [-0.2, -0.15) is 5.10 Å².